The zero-order valence-electron chi connectivity index (χ0n) is 15.5. The highest BCUT2D eigenvalue weighted by Gasteiger charge is 2.33. The molecule has 1 atom stereocenters. The molecule has 0 radical (unpaired) electrons. The van der Waals surface area contributed by atoms with Gasteiger partial charge in [0.25, 0.3) is 0 Å². The van der Waals surface area contributed by atoms with Gasteiger partial charge in [0, 0.05) is 43.2 Å². The summed E-state index contributed by atoms with van der Waals surface area (Å²) in [6.07, 6.45) is 2.71. The number of carbonyl (C=O) groups excluding carboxylic acids is 2. The monoisotopic (exact) mass is 379 g/mol. The number of rotatable bonds is 6. The maximum absolute atomic E-state index is 13.5. The van der Waals surface area contributed by atoms with Gasteiger partial charge in [0.1, 0.15) is 5.82 Å². The molecule has 1 aliphatic rings. The number of halogens is 1. The minimum absolute atomic E-state index is 0.00844. The summed E-state index contributed by atoms with van der Waals surface area (Å²) in [6, 6.07) is 14.3. The largest absolute Gasteiger partial charge is 0.361 e. The van der Waals surface area contributed by atoms with Crippen LogP contribution in [0.1, 0.15) is 17.5 Å². The summed E-state index contributed by atoms with van der Waals surface area (Å²) in [6.45, 7) is 1.41. The van der Waals surface area contributed by atoms with E-state index in [9.17, 15) is 14.0 Å². The Labute approximate surface area is 162 Å². The van der Waals surface area contributed by atoms with Crippen LogP contribution in [-0.2, 0) is 22.6 Å². The number of hydrogen-bond acceptors (Lipinski definition) is 2. The van der Waals surface area contributed by atoms with Gasteiger partial charge in [-0.05, 0) is 35.7 Å². The van der Waals surface area contributed by atoms with Crippen molar-refractivity contribution < 1.29 is 14.0 Å². The lowest BCUT2D eigenvalue weighted by molar-refractivity contribution is -0.129. The van der Waals surface area contributed by atoms with E-state index in [1.54, 1.807) is 11.0 Å². The number of aromatic nitrogens is 1. The van der Waals surface area contributed by atoms with Crippen molar-refractivity contribution in [3.8, 4) is 0 Å². The van der Waals surface area contributed by atoms with E-state index in [-0.39, 0.29) is 30.0 Å². The average Bonchev–Trinajstić information content (AvgIpc) is 3.28. The molecule has 2 aromatic carbocycles. The molecule has 144 valence electrons. The number of nitrogens with one attached hydrogen (secondary N) is 2. The Balaban J connectivity index is 1.33. The molecule has 2 heterocycles. The second-order valence-corrected chi connectivity index (χ2v) is 7.20. The predicted octanol–water partition coefficient (Wildman–Crippen LogP) is 3.01. The van der Waals surface area contributed by atoms with Gasteiger partial charge < -0.3 is 15.2 Å². The number of H-pyrrole nitrogens is 1. The van der Waals surface area contributed by atoms with Gasteiger partial charge in [0.05, 0.1) is 5.92 Å². The van der Waals surface area contributed by atoms with Gasteiger partial charge in [-0.3, -0.25) is 9.59 Å². The van der Waals surface area contributed by atoms with Crippen LogP contribution < -0.4 is 5.32 Å². The second-order valence-electron chi connectivity index (χ2n) is 7.20. The van der Waals surface area contributed by atoms with Crippen molar-refractivity contribution in [1.82, 2.24) is 15.2 Å². The highest BCUT2D eigenvalue weighted by atomic mass is 19.1. The summed E-state index contributed by atoms with van der Waals surface area (Å²) in [5.74, 6) is -0.697. The highest BCUT2D eigenvalue weighted by Crippen LogP contribution is 2.22. The summed E-state index contributed by atoms with van der Waals surface area (Å²) >= 11 is 0. The Morgan fingerprint density at radius 1 is 1.21 bits per heavy atom. The van der Waals surface area contributed by atoms with E-state index in [1.807, 2.05) is 36.5 Å². The molecule has 3 aromatic rings. The third kappa shape index (κ3) is 3.91. The van der Waals surface area contributed by atoms with Crippen molar-refractivity contribution in [2.45, 2.75) is 19.4 Å². The van der Waals surface area contributed by atoms with Crippen molar-refractivity contribution in [2.75, 3.05) is 13.1 Å². The highest BCUT2D eigenvalue weighted by molar-refractivity contribution is 5.89. The number of hydrogen-bond donors (Lipinski definition) is 2. The van der Waals surface area contributed by atoms with Crippen LogP contribution in [0.3, 0.4) is 0 Å². The molecule has 2 amide bonds. The first kappa shape index (κ1) is 18.2. The summed E-state index contributed by atoms with van der Waals surface area (Å²) in [5, 5.41) is 3.75. The molecule has 28 heavy (non-hydrogen) atoms. The van der Waals surface area contributed by atoms with E-state index in [1.165, 1.54) is 12.1 Å². The fraction of sp³-hybridized carbons (Fsp3) is 0.273. The molecule has 1 fully saturated rings. The van der Waals surface area contributed by atoms with Crippen LogP contribution in [0.4, 0.5) is 4.39 Å². The Morgan fingerprint density at radius 3 is 2.86 bits per heavy atom. The van der Waals surface area contributed by atoms with E-state index in [0.29, 0.717) is 26.1 Å². The van der Waals surface area contributed by atoms with Gasteiger partial charge in [-0.2, -0.15) is 0 Å². The Kier molecular flexibility index (Phi) is 5.10. The van der Waals surface area contributed by atoms with Crippen LogP contribution >= 0.6 is 0 Å². The molecule has 0 saturated carbocycles. The molecule has 2 N–H and O–H groups in total. The molecule has 0 bridgehead atoms. The number of fused-ring (bicyclic) bond motifs is 1. The lowest BCUT2D eigenvalue weighted by Crippen LogP contribution is -2.33. The average molecular weight is 379 g/mol. The second kappa shape index (κ2) is 7.84. The van der Waals surface area contributed by atoms with Gasteiger partial charge in [-0.15, -0.1) is 0 Å². The summed E-state index contributed by atoms with van der Waals surface area (Å²) in [4.78, 5) is 29.6. The first-order chi connectivity index (χ1) is 13.6. The molecule has 5 nitrogen and oxygen atoms in total. The minimum Gasteiger partial charge on any atom is -0.361 e. The fourth-order valence-corrected chi connectivity index (χ4v) is 3.71. The van der Waals surface area contributed by atoms with E-state index >= 15 is 0 Å². The van der Waals surface area contributed by atoms with Gasteiger partial charge in [-0.1, -0.05) is 30.3 Å². The molecule has 0 aliphatic carbocycles. The summed E-state index contributed by atoms with van der Waals surface area (Å²) in [5.41, 5.74) is 2.88. The third-order valence-corrected chi connectivity index (χ3v) is 5.28. The van der Waals surface area contributed by atoms with Crippen molar-refractivity contribution in [1.29, 1.82) is 0 Å². The zero-order chi connectivity index (χ0) is 19.5. The van der Waals surface area contributed by atoms with E-state index in [2.05, 4.69) is 10.3 Å². The molecule has 6 heteroatoms. The molecule has 1 aliphatic heterocycles. The number of amides is 2. The number of aromatic amines is 1. The van der Waals surface area contributed by atoms with Gasteiger partial charge in [0.2, 0.25) is 11.8 Å². The Morgan fingerprint density at radius 2 is 2.04 bits per heavy atom. The van der Waals surface area contributed by atoms with E-state index in [4.69, 9.17) is 0 Å². The minimum atomic E-state index is -0.323. The van der Waals surface area contributed by atoms with E-state index < -0.39 is 0 Å². The molecule has 1 aromatic heterocycles. The normalized spacial score (nSPS) is 16.7. The molecule has 1 saturated heterocycles. The summed E-state index contributed by atoms with van der Waals surface area (Å²) < 4.78 is 13.5. The van der Waals surface area contributed by atoms with Crippen molar-refractivity contribution in [3.05, 3.63) is 71.7 Å². The van der Waals surface area contributed by atoms with Crippen LogP contribution in [0.15, 0.2) is 54.7 Å². The number of benzene rings is 2. The maximum atomic E-state index is 13.5. The topological polar surface area (TPSA) is 65.2 Å². The molecule has 1 unspecified atom stereocenters. The van der Waals surface area contributed by atoms with Crippen LogP contribution in [-0.4, -0.2) is 34.8 Å². The molecule has 4 rings (SSSR count). The standard InChI is InChI=1S/C22H22FN3O2/c23-18-6-7-20-19(11-18)16(13-24-20)8-9-26-14-17(10-21(26)27)22(28)25-12-15-4-2-1-3-5-15/h1-7,11,13,17,24H,8-10,12,14H2,(H,25,28). The Hall–Kier alpha value is -3.15. The molecule has 0 spiro atoms. The van der Waals surface area contributed by atoms with Crippen molar-refractivity contribution >= 4 is 22.7 Å². The van der Waals surface area contributed by atoms with Crippen LogP contribution in [0.25, 0.3) is 10.9 Å². The Bertz CT molecular complexity index is 999. The number of nitrogens with zero attached hydrogens (tertiary/aromatic N) is 1. The van der Waals surface area contributed by atoms with Crippen LogP contribution in [0.5, 0.6) is 0 Å². The van der Waals surface area contributed by atoms with Crippen molar-refractivity contribution in [2.24, 2.45) is 5.92 Å². The van der Waals surface area contributed by atoms with Gasteiger partial charge >= 0.3 is 0 Å². The van der Waals surface area contributed by atoms with Crippen LogP contribution in [0, 0.1) is 11.7 Å². The van der Waals surface area contributed by atoms with Gasteiger partial charge in [-0.25, -0.2) is 4.39 Å². The fourth-order valence-electron chi connectivity index (χ4n) is 3.71. The smallest absolute Gasteiger partial charge is 0.225 e. The predicted molar refractivity (Wildman–Crippen MR) is 105 cm³/mol. The lowest BCUT2D eigenvalue weighted by atomic mass is 10.1. The van der Waals surface area contributed by atoms with E-state index in [0.717, 1.165) is 22.0 Å². The number of likely N-dealkylation sites (tertiary alicyclic amines) is 1. The SMILES string of the molecule is O=C(NCc1ccccc1)C1CC(=O)N(CCc2c[nH]c3ccc(F)cc23)C1. The zero-order valence-corrected chi connectivity index (χ0v) is 15.5. The van der Waals surface area contributed by atoms with Crippen LogP contribution in [0.2, 0.25) is 0 Å². The first-order valence-electron chi connectivity index (χ1n) is 9.45. The first-order valence-corrected chi connectivity index (χ1v) is 9.45. The third-order valence-electron chi connectivity index (χ3n) is 5.28. The lowest BCUT2D eigenvalue weighted by Gasteiger charge is -2.16. The number of carbonyl (C=O) groups is 2. The van der Waals surface area contributed by atoms with Crippen molar-refractivity contribution in [3.63, 3.8) is 0 Å². The quantitative estimate of drug-likeness (QED) is 0.691. The van der Waals surface area contributed by atoms with Gasteiger partial charge in [0.15, 0.2) is 0 Å². The molecular formula is C22H22FN3O2. The molecular weight excluding hydrogens is 357 g/mol. The summed E-state index contributed by atoms with van der Waals surface area (Å²) in [7, 11) is 0. The maximum Gasteiger partial charge on any atom is 0.225 e.